The molecule has 7 nitrogen and oxygen atoms in total. The molecule has 0 aliphatic rings. The molecule has 84 valence electrons. The van der Waals surface area contributed by atoms with E-state index in [9.17, 15) is 9.59 Å². The first-order chi connectivity index (χ1) is 7.58. The van der Waals surface area contributed by atoms with Crippen LogP contribution in [0.1, 0.15) is 11.6 Å². The Kier molecular flexibility index (Phi) is 2.35. The third kappa shape index (κ3) is 1.74. The fourth-order valence-electron chi connectivity index (χ4n) is 1.20. The molecule has 2 aromatic rings. The molecule has 0 unspecified atom stereocenters. The summed E-state index contributed by atoms with van der Waals surface area (Å²) in [4.78, 5) is 22.3. The van der Waals surface area contributed by atoms with Crippen molar-refractivity contribution in [1.82, 2.24) is 9.72 Å². The predicted molar refractivity (Wildman–Crippen MR) is 51.2 cm³/mol. The van der Waals surface area contributed by atoms with Gasteiger partial charge in [-0.2, -0.15) is 0 Å². The molecule has 0 radical (unpaired) electrons. The summed E-state index contributed by atoms with van der Waals surface area (Å²) in [5.41, 5.74) is -0.566. The minimum absolute atomic E-state index is 0.0314. The summed E-state index contributed by atoms with van der Waals surface area (Å²) in [6, 6.07) is 1.11. The van der Waals surface area contributed by atoms with Gasteiger partial charge in [0.2, 0.25) is 5.43 Å². The molecule has 16 heavy (non-hydrogen) atoms. The van der Waals surface area contributed by atoms with Crippen molar-refractivity contribution < 1.29 is 14.0 Å². The van der Waals surface area contributed by atoms with E-state index in [4.69, 9.17) is 9.52 Å². The summed E-state index contributed by atoms with van der Waals surface area (Å²) < 4.78 is 10.6. The van der Waals surface area contributed by atoms with Gasteiger partial charge in [0.1, 0.15) is 12.0 Å². The molecule has 0 bridgehead atoms. The van der Waals surface area contributed by atoms with E-state index in [1.54, 1.807) is 6.92 Å². The average molecular weight is 224 g/mol. The van der Waals surface area contributed by atoms with Crippen LogP contribution in [0.15, 0.2) is 30.9 Å². The molecule has 0 atom stereocenters. The molecule has 0 saturated heterocycles. The summed E-state index contributed by atoms with van der Waals surface area (Å²) in [6.45, 7) is 1.62. The molecule has 2 aromatic heterocycles. The molecule has 0 aliphatic heterocycles. The lowest BCUT2D eigenvalue weighted by atomic mass is 10.3. The number of aryl methyl sites for hydroxylation is 1. The van der Waals surface area contributed by atoms with Crippen LogP contribution in [0.25, 0.3) is 0 Å². The molecular formula is C9H8N2O5. The molecule has 0 aromatic carbocycles. The van der Waals surface area contributed by atoms with E-state index in [1.807, 2.05) is 0 Å². The zero-order valence-electron chi connectivity index (χ0n) is 8.34. The zero-order valence-corrected chi connectivity index (χ0v) is 8.34. The smallest absolute Gasteiger partial charge is 0.442 e. The summed E-state index contributed by atoms with van der Waals surface area (Å²) in [6.07, 6.45) is 0.922. The predicted octanol–water partition coefficient (Wildman–Crippen LogP) is -0.148. The van der Waals surface area contributed by atoms with Crippen LogP contribution in [0.4, 0.5) is 0 Å². The molecule has 0 aliphatic carbocycles. The van der Waals surface area contributed by atoms with Crippen LogP contribution >= 0.6 is 0 Å². The maximum absolute atomic E-state index is 11.2. The van der Waals surface area contributed by atoms with E-state index in [0.29, 0.717) is 5.82 Å². The van der Waals surface area contributed by atoms with Gasteiger partial charge in [-0.05, 0) is 6.92 Å². The lowest BCUT2D eigenvalue weighted by Crippen LogP contribution is -2.17. The highest BCUT2D eigenvalue weighted by atomic mass is 16.5. The molecule has 0 saturated carbocycles. The van der Waals surface area contributed by atoms with Crippen molar-refractivity contribution in [3.8, 4) is 5.75 Å². The van der Waals surface area contributed by atoms with Gasteiger partial charge in [-0.1, -0.05) is 5.16 Å². The SMILES string of the molecule is Cc1noc(=O)n1Cc1cc(=O)c(O)co1. The molecule has 2 rings (SSSR count). The van der Waals surface area contributed by atoms with Crippen LogP contribution in [-0.4, -0.2) is 14.8 Å². The standard InChI is InChI=1S/C9H8N2O5/c1-5-10-16-9(14)11(5)3-6-2-7(12)8(13)4-15-6/h2,4,13H,3H2,1H3. The Bertz CT molecular complexity index is 621. The Balaban J connectivity index is 2.38. The second-order valence-corrected chi connectivity index (χ2v) is 3.18. The Morgan fingerprint density at radius 2 is 2.25 bits per heavy atom. The van der Waals surface area contributed by atoms with Crippen molar-refractivity contribution in [3.05, 3.63) is 44.7 Å². The number of aromatic hydroxyl groups is 1. The molecule has 1 N–H and O–H groups in total. The van der Waals surface area contributed by atoms with Crippen LogP contribution < -0.4 is 11.2 Å². The molecule has 0 amide bonds. The van der Waals surface area contributed by atoms with Gasteiger partial charge in [-0.15, -0.1) is 0 Å². The molecule has 0 spiro atoms. The monoisotopic (exact) mass is 224 g/mol. The normalized spacial score (nSPS) is 10.6. The first-order valence-electron chi connectivity index (χ1n) is 4.42. The minimum Gasteiger partial charge on any atom is -0.502 e. The first-order valence-corrected chi connectivity index (χ1v) is 4.42. The number of nitrogens with zero attached hydrogens (tertiary/aromatic N) is 2. The minimum atomic E-state index is -0.631. The molecule has 7 heteroatoms. The van der Waals surface area contributed by atoms with Gasteiger partial charge >= 0.3 is 5.76 Å². The summed E-state index contributed by atoms with van der Waals surface area (Å²) in [7, 11) is 0. The highest BCUT2D eigenvalue weighted by molar-refractivity contribution is 5.15. The lowest BCUT2D eigenvalue weighted by Gasteiger charge is -2.00. The Labute approximate surface area is 88.5 Å². The molecular weight excluding hydrogens is 216 g/mol. The summed E-state index contributed by atoms with van der Waals surface area (Å²) >= 11 is 0. The van der Waals surface area contributed by atoms with E-state index in [0.717, 1.165) is 12.3 Å². The van der Waals surface area contributed by atoms with E-state index < -0.39 is 16.9 Å². The van der Waals surface area contributed by atoms with Gasteiger partial charge in [-0.3, -0.25) is 13.9 Å². The second kappa shape index (κ2) is 3.69. The Hall–Kier alpha value is -2.31. The Morgan fingerprint density at radius 3 is 2.81 bits per heavy atom. The van der Waals surface area contributed by atoms with Crippen LogP contribution in [0.5, 0.6) is 5.75 Å². The molecule has 2 heterocycles. The van der Waals surface area contributed by atoms with Crippen LogP contribution in [-0.2, 0) is 6.54 Å². The highest BCUT2D eigenvalue weighted by Gasteiger charge is 2.09. The van der Waals surface area contributed by atoms with Gasteiger partial charge in [0.05, 0.1) is 6.54 Å². The molecule has 0 fully saturated rings. The fraction of sp³-hybridized carbons (Fsp3) is 0.222. The van der Waals surface area contributed by atoms with Crippen molar-refractivity contribution in [2.45, 2.75) is 13.5 Å². The maximum atomic E-state index is 11.2. The maximum Gasteiger partial charge on any atom is 0.442 e. The van der Waals surface area contributed by atoms with Gasteiger partial charge in [0.25, 0.3) is 0 Å². The van der Waals surface area contributed by atoms with E-state index >= 15 is 0 Å². The van der Waals surface area contributed by atoms with Gasteiger partial charge < -0.3 is 9.52 Å². The number of aromatic nitrogens is 2. The van der Waals surface area contributed by atoms with Crippen LogP contribution in [0.3, 0.4) is 0 Å². The number of hydrogen-bond acceptors (Lipinski definition) is 6. The van der Waals surface area contributed by atoms with Crippen molar-refractivity contribution in [1.29, 1.82) is 0 Å². The quantitative estimate of drug-likeness (QED) is 0.761. The summed E-state index contributed by atoms with van der Waals surface area (Å²) in [5.74, 6) is -0.497. The van der Waals surface area contributed by atoms with Gasteiger partial charge in [-0.25, -0.2) is 4.79 Å². The number of hydrogen-bond donors (Lipinski definition) is 1. The third-order valence-corrected chi connectivity index (χ3v) is 2.05. The van der Waals surface area contributed by atoms with Crippen molar-refractivity contribution in [2.24, 2.45) is 0 Å². The highest BCUT2D eigenvalue weighted by Crippen LogP contribution is 2.05. The van der Waals surface area contributed by atoms with Crippen LogP contribution in [0, 0.1) is 6.92 Å². The fourth-order valence-corrected chi connectivity index (χ4v) is 1.20. The van der Waals surface area contributed by atoms with E-state index in [2.05, 4.69) is 9.68 Å². The topological polar surface area (TPSA) is 98.5 Å². The third-order valence-electron chi connectivity index (χ3n) is 2.05. The van der Waals surface area contributed by atoms with Gasteiger partial charge in [0, 0.05) is 6.07 Å². The zero-order chi connectivity index (χ0) is 11.7. The lowest BCUT2D eigenvalue weighted by molar-refractivity contribution is 0.369. The Morgan fingerprint density at radius 1 is 1.50 bits per heavy atom. The van der Waals surface area contributed by atoms with E-state index in [-0.39, 0.29) is 12.3 Å². The van der Waals surface area contributed by atoms with Crippen molar-refractivity contribution >= 4 is 0 Å². The van der Waals surface area contributed by atoms with Gasteiger partial charge in [0.15, 0.2) is 11.6 Å². The van der Waals surface area contributed by atoms with Crippen molar-refractivity contribution in [3.63, 3.8) is 0 Å². The number of rotatable bonds is 2. The first kappa shape index (κ1) is 10.2. The van der Waals surface area contributed by atoms with Crippen molar-refractivity contribution in [2.75, 3.05) is 0 Å². The summed E-state index contributed by atoms with van der Waals surface area (Å²) in [5, 5.41) is 12.4. The largest absolute Gasteiger partial charge is 0.502 e. The average Bonchev–Trinajstić information content (AvgIpc) is 2.55. The second-order valence-electron chi connectivity index (χ2n) is 3.18. The van der Waals surface area contributed by atoms with Crippen LogP contribution in [0.2, 0.25) is 0 Å². The van der Waals surface area contributed by atoms with E-state index in [1.165, 1.54) is 4.57 Å².